The summed E-state index contributed by atoms with van der Waals surface area (Å²) >= 11 is 3.94. The van der Waals surface area contributed by atoms with Crippen LogP contribution in [0.25, 0.3) is 0 Å². The van der Waals surface area contributed by atoms with Gasteiger partial charge in [0.15, 0.2) is 0 Å². The number of aliphatic hydroxyl groups excluding tert-OH is 1. The van der Waals surface area contributed by atoms with E-state index in [4.69, 9.17) is 5.11 Å². The topological polar surface area (TPSA) is 63.8 Å². The summed E-state index contributed by atoms with van der Waals surface area (Å²) < 4.78 is 1.42. The summed E-state index contributed by atoms with van der Waals surface area (Å²) in [6.45, 7) is 2.04. The molecule has 0 saturated carbocycles. The van der Waals surface area contributed by atoms with Crippen molar-refractivity contribution in [2.75, 3.05) is 0 Å². The molecule has 0 aliphatic rings. The first-order chi connectivity index (χ1) is 4.70. The fourth-order valence-corrected chi connectivity index (χ4v) is 0.730. The molecule has 1 heterocycles. The predicted octanol–water partition coefficient (Wildman–Crippen LogP) is -1.31. The van der Waals surface area contributed by atoms with Crippen LogP contribution in [0.1, 0.15) is 6.92 Å². The fourth-order valence-electron chi connectivity index (χ4n) is 0.568. The van der Waals surface area contributed by atoms with E-state index in [2.05, 4.69) is 28.2 Å². The quantitative estimate of drug-likeness (QED) is 0.442. The Bertz CT molecular complexity index is 216. The van der Waals surface area contributed by atoms with Gasteiger partial charge in [0.05, 0.1) is 12.6 Å². The Labute approximate surface area is 91.9 Å². The van der Waals surface area contributed by atoms with E-state index < -0.39 is 6.10 Å². The summed E-state index contributed by atoms with van der Waals surface area (Å²) in [5.74, 6) is 0. The van der Waals surface area contributed by atoms with Crippen LogP contribution < -0.4 is 0 Å². The van der Waals surface area contributed by atoms with Crippen LogP contribution in [0.3, 0.4) is 0 Å². The summed E-state index contributed by atoms with van der Waals surface area (Å²) in [7, 11) is 0. The van der Waals surface area contributed by atoms with Crippen LogP contribution in [0.2, 0.25) is 0 Å². The van der Waals surface area contributed by atoms with Crippen molar-refractivity contribution in [2.24, 2.45) is 0 Å². The van der Waals surface area contributed by atoms with Crippen molar-refractivity contribution >= 4 is 42.2 Å². The Balaban J connectivity index is 0.000001000. The van der Waals surface area contributed by atoms with Gasteiger partial charge in [-0.2, -0.15) is 0 Å². The van der Waals surface area contributed by atoms with E-state index >= 15 is 0 Å². The number of aromatic nitrogens is 4. The third kappa shape index (κ3) is 3.53. The molecule has 1 unspecified atom stereocenters. The van der Waals surface area contributed by atoms with E-state index in [9.17, 15) is 0 Å². The summed E-state index contributed by atoms with van der Waals surface area (Å²) in [5, 5.41) is 19.8. The molecule has 0 amide bonds. The average molecular weight is 184 g/mol. The average Bonchev–Trinajstić information content (AvgIpc) is 2.15. The Morgan fingerprint density at radius 3 is 2.73 bits per heavy atom. The monoisotopic (exact) mass is 184 g/mol. The second-order valence-electron chi connectivity index (χ2n) is 2.01. The third-order valence-corrected chi connectivity index (χ3v) is 1.27. The normalized spacial score (nSPS) is 12.3. The molecule has 1 rings (SSSR count). The number of hydrogen-bond donors (Lipinski definition) is 2. The molecule has 1 aromatic rings. The number of thiol groups is 1. The van der Waals surface area contributed by atoms with Gasteiger partial charge in [-0.1, -0.05) is 0 Å². The number of nitrogens with zero attached hydrogens (tertiary/aromatic N) is 4. The van der Waals surface area contributed by atoms with E-state index in [0.29, 0.717) is 11.7 Å². The molecule has 11 heavy (non-hydrogen) atoms. The van der Waals surface area contributed by atoms with Gasteiger partial charge in [-0.15, -0.1) is 17.7 Å². The standard InChI is InChI=1S/C4H8N4OS.Na.H/c1-3(9)2-8-4(10)5-6-7-8;;/h3,9H,2H2,1H3,(H,5,7,10);;. The molecule has 0 radical (unpaired) electrons. The summed E-state index contributed by atoms with van der Waals surface area (Å²) in [5.41, 5.74) is 0. The van der Waals surface area contributed by atoms with Crippen molar-refractivity contribution in [2.45, 2.75) is 24.7 Å². The van der Waals surface area contributed by atoms with Gasteiger partial charge >= 0.3 is 29.6 Å². The number of hydrogen-bond acceptors (Lipinski definition) is 5. The van der Waals surface area contributed by atoms with Gasteiger partial charge in [-0.05, 0) is 17.4 Å². The molecule has 1 N–H and O–H groups in total. The van der Waals surface area contributed by atoms with E-state index in [1.165, 1.54) is 4.68 Å². The van der Waals surface area contributed by atoms with Crippen LogP contribution in [-0.2, 0) is 6.54 Å². The fraction of sp³-hybridized carbons (Fsp3) is 0.750. The summed E-state index contributed by atoms with van der Waals surface area (Å²) in [6, 6.07) is 0. The van der Waals surface area contributed by atoms with E-state index in [-0.39, 0.29) is 29.6 Å². The van der Waals surface area contributed by atoms with Crippen molar-refractivity contribution in [3.8, 4) is 0 Å². The van der Waals surface area contributed by atoms with Crippen molar-refractivity contribution in [1.82, 2.24) is 20.2 Å². The third-order valence-electron chi connectivity index (χ3n) is 0.950. The van der Waals surface area contributed by atoms with Gasteiger partial charge in [0, 0.05) is 0 Å². The molecule has 0 fully saturated rings. The Morgan fingerprint density at radius 2 is 2.36 bits per heavy atom. The van der Waals surface area contributed by atoms with Crippen LogP contribution in [0.5, 0.6) is 0 Å². The van der Waals surface area contributed by atoms with Crippen LogP contribution in [0.15, 0.2) is 5.16 Å². The van der Waals surface area contributed by atoms with Gasteiger partial charge < -0.3 is 5.11 Å². The first kappa shape index (κ1) is 11.4. The zero-order valence-electron chi connectivity index (χ0n) is 5.47. The van der Waals surface area contributed by atoms with Crippen LogP contribution in [0, 0.1) is 0 Å². The second-order valence-corrected chi connectivity index (χ2v) is 2.41. The number of aliphatic hydroxyl groups is 1. The molecule has 1 atom stereocenters. The molecular weight excluding hydrogens is 175 g/mol. The van der Waals surface area contributed by atoms with Gasteiger partial charge in [0.1, 0.15) is 0 Å². The van der Waals surface area contributed by atoms with Crippen molar-refractivity contribution in [1.29, 1.82) is 0 Å². The van der Waals surface area contributed by atoms with E-state index in [1.807, 2.05) is 0 Å². The predicted molar refractivity (Wildman–Crippen MR) is 43.9 cm³/mol. The molecule has 0 bridgehead atoms. The van der Waals surface area contributed by atoms with Crippen molar-refractivity contribution < 1.29 is 5.11 Å². The minimum absolute atomic E-state index is 0. The van der Waals surface area contributed by atoms with E-state index in [0.717, 1.165) is 0 Å². The van der Waals surface area contributed by atoms with Crippen molar-refractivity contribution in [3.63, 3.8) is 0 Å². The SMILES string of the molecule is CC(O)Cn1nnnc1S.[NaH]. The van der Waals surface area contributed by atoms with E-state index in [1.54, 1.807) is 6.92 Å². The number of rotatable bonds is 2. The van der Waals surface area contributed by atoms with Gasteiger partial charge in [0.25, 0.3) is 0 Å². The summed E-state index contributed by atoms with van der Waals surface area (Å²) in [6.07, 6.45) is -0.450. The molecule has 0 saturated heterocycles. The Kier molecular flexibility index (Phi) is 5.28. The zero-order valence-corrected chi connectivity index (χ0v) is 6.36. The molecule has 0 aliphatic heterocycles. The maximum absolute atomic E-state index is 8.90. The Hall–Kier alpha value is 0.380. The zero-order chi connectivity index (χ0) is 7.56. The Morgan fingerprint density at radius 1 is 1.73 bits per heavy atom. The number of tetrazole rings is 1. The van der Waals surface area contributed by atoms with Crippen LogP contribution in [0.4, 0.5) is 0 Å². The molecule has 5 nitrogen and oxygen atoms in total. The molecule has 0 spiro atoms. The minimum atomic E-state index is -0.450. The van der Waals surface area contributed by atoms with Crippen LogP contribution >= 0.6 is 12.6 Å². The molecule has 0 aromatic carbocycles. The van der Waals surface area contributed by atoms with Crippen LogP contribution in [-0.4, -0.2) is 61.0 Å². The second kappa shape index (κ2) is 5.10. The molecule has 58 valence electrons. The molecular formula is C4H9N4NaOS. The van der Waals surface area contributed by atoms with Gasteiger partial charge in [-0.25, -0.2) is 4.68 Å². The molecule has 1 aromatic heterocycles. The van der Waals surface area contributed by atoms with Gasteiger partial charge in [-0.3, -0.25) is 0 Å². The van der Waals surface area contributed by atoms with Gasteiger partial charge in [0.2, 0.25) is 5.16 Å². The maximum atomic E-state index is 8.90. The van der Waals surface area contributed by atoms with Crippen molar-refractivity contribution in [3.05, 3.63) is 0 Å². The molecule has 7 heteroatoms. The molecule has 0 aliphatic carbocycles. The first-order valence-electron chi connectivity index (χ1n) is 2.83. The first-order valence-corrected chi connectivity index (χ1v) is 3.28. The summed E-state index contributed by atoms with van der Waals surface area (Å²) in [4.78, 5) is 0.